The number of ether oxygens (including phenoxy) is 1. The molecule has 0 aliphatic rings. The highest BCUT2D eigenvalue weighted by Gasteiger charge is 2.26. The van der Waals surface area contributed by atoms with Crippen LogP contribution in [0, 0.1) is 0 Å². The summed E-state index contributed by atoms with van der Waals surface area (Å²) in [6.45, 7) is 1.42. The normalized spacial score (nSPS) is 13.5. The number of carbonyl (C=O) groups excluding carboxylic acids is 2. The van der Waals surface area contributed by atoms with E-state index in [0.717, 1.165) is 11.1 Å². The number of esters is 1. The van der Waals surface area contributed by atoms with Crippen LogP contribution in [0.5, 0.6) is 5.75 Å². The molecule has 284 valence electrons. The zero-order valence-corrected chi connectivity index (χ0v) is 27.6. The number of nitrogens with two attached hydrogens (primary N) is 6. The standard InChI is InChI=1S/C13H18N2O4.C9H11NO3.C5H10N2O3.C4H7NO4/c1-8(11(15)12(16)17)19-13(18)10(14)7-9-5-3-2-4-6-9;10-8(9(12)13)5-6-1-3-7(11)4-2-6;6-3(5(9)10)1-2-4(7)8;5-2(4(8)9)1-3(6)7/h2-6,8,10-11H,7,14-15H2,1H3,(H,16,17);1-4,8,11H,5,10H2,(H,12,13);3H,1-2,6H2,(H2,7,8)(H,9,10);2H,1,5H2,(H,6,7)(H,8,9)/t8-,10+,11+;8-;3-;2-/m1000/s1. The fourth-order valence-electron chi connectivity index (χ4n) is 3.17. The van der Waals surface area contributed by atoms with Gasteiger partial charge in [-0.05, 0) is 49.4 Å². The minimum absolute atomic E-state index is 0.0213. The molecule has 1 amide bonds. The van der Waals surface area contributed by atoms with E-state index in [1.807, 2.05) is 30.3 Å². The average molecular weight is 727 g/mol. The van der Waals surface area contributed by atoms with E-state index in [2.05, 4.69) is 0 Å². The Kier molecular flexibility index (Phi) is 23.6. The Balaban J connectivity index is 0. The summed E-state index contributed by atoms with van der Waals surface area (Å²) in [6.07, 6.45) is -0.732. The van der Waals surface area contributed by atoms with Crippen molar-refractivity contribution in [2.45, 2.75) is 75.3 Å². The van der Waals surface area contributed by atoms with Gasteiger partial charge in [-0.3, -0.25) is 33.6 Å². The maximum absolute atomic E-state index is 11.7. The molecule has 6 atom stereocenters. The first-order valence-corrected chi connectivity index (χ1v) is 14.8. The summed E-state index contributed by atoms with van der Waals surface area (Å²) in [6, 6.07) is 10.3. The quantitative estimate of drug-likeness (QED) is 0.0815. The SMILES string of the molecule is C[C@@H](OC(=O)[C@@H](N)Cc1ccccc1)[C@H](N)C(=O)O.NC(=O)CC[C@H](N)C(=O)O.N[C@@H](CC(=O)O)C(=O)O.N[C@@H](Cc1ccc(O)cc1)C(=O)O. The molecular formula is C31H46N6O14. The summed E-state index contributed by atoms with van der Waals surface area (Å²) in [4.78, 5) is 72.5. The number of benzene rings is 2. The van der Waals surface area contributed by atoms with Crippen LogP contribution in [-0.4, -0.2) is 109 Å². The van der Waals surface area contributed by atoms with Crippen molar-refractivity contribution in [1.29, 1.82) is 0 Å². The lowest BCUT2D eigenvalue weighted by molar-refractivity contribution is -0.155. The van der Waals surface area contributed by atoms with E-state index in [1.54, 1.807) is 12.1 Å². The van der Waals surface area contributed by atoms with Gasteiger partial charge in [0.05, 0.1) is 6.42 Å². The smallest absolute Gasteiger partial charge is 0.324 e. The number of amides is 1. The van der Waals surface area contributed by atoms with Crippen LogP contribution < -0.4 is 34.4 Å². The Morgan fingerprint density at radius 2 is 1.08 bits per heavy atom. The molecule has 0 saturated heterocycles. The number of phenols is 1. The molecule has 20 nitrogen and oxygen atoms in total. The molecule has 18 N–H and O–H groups in total. The Morgan fingerprint density at radius 1 is 0.627 bits per heavy atom. The van der Waals surface area contributed by atoms with E-state index < -0.39 is 84.5 Å². The molecule has 0 heterocycles. The molecule has 0 saturated carbocycles. The number of aliphatic carboxylic acids is 5. The maximum atomic E-state index is 11.7. The summed E-state index contributed by atoms with van der Waals surface area (Å²) in [5.74, 6) is -6.88. The fraction of sp³-hybridized carbons (Fsp3) is 0.387. The molecule has 0 aromatic heterocycles. The van der Waals surface area contributed by atoms with Gasteiger partial charge in [0, 0.05) is 6.42 Å². The van der Waals surface area contributed by atoms with Gasteiger partial charge in [-0.2, -0.15) is 0 Å². The lowest BCUT2D eigenvalue weighted by Crippen LogP contribution is -2.45. The number of hydrogen-bond donors (Lipinski definition) is 12. The second kappa shape index (κ2) is 25.3. The van der Waals surface area contributed by atoms with Crippen LogP contribution in [-0.2, 0) is 51.1 Å². The molecule has 20 heteroatoms. The highest BCUT2D eigenvalue weighted by atomic mass is 16.5. The van der Waals surface area contributed by atoms with Gasteiger partial charge in [0.15, 0.2) is 0 Å². The number of rotatable bonds is 16. The van der Waals surface area contributed by atoms with E-state index in [9.17, 15) is 33.6 Å². The first-order chi connectivity index (χ1) is 23.6. The summed E-state index contributed by atoms with van der Waals surface area (Å²) in [5, 5.41) is 50.4. The largest absolute Gasteiger partial charge is 0.508 e. The molecule has 0 unspecified atom stereocenters. The second-order valence-electron chi connectivity index (χ2n) is 10.6. The lowest BCUT2D eigenvalue weighted by atomic mass is 10.1. The number of carboxylic acid groups (broad SMARTS) is 5. The second-order valence-corrected chi connectivity index (χ2v) is 10.6. The van der Waals surface area contributed by atoms with Crippen LogP contribution in [0.15, 0.2) is 54.6 Å². The molecule has 0 radical (unpaired) electrons. The fourth-order valence-corrected chi connectivity index (χ4v) is 3.17. The number of carbonyl (C=O) groups is 7. The molecule has 2 aromatic rings. The van der Waals surface area contributed by atoms with Crippen molar-refractivity contribution in [3.63, 3.8) is 0 Å². The molecule has 51 heavy (non-hydrogen) atoms. The van der Waals surface area contributed by atoms with Gasteiger partial charge in [0.1, 0.15) is 42.1 Å². The molecule has 2 aromatic carbocycles. The molecule has 0 bridgehead atoms. The summed E-state index contributed by atoms with van der Waals surface area (Å²) >= 11 is 0. The number of primary amides is 1. The van der Waals surface area contributed by atoms with Crippen LogP contribution in [0.4, 0.5) is 0 Å². The van der Waals surface area contributed by atoms with Gasteiger partial charge in [-0.1, -0.05) is 42.5 Å². The first kappa shape index (κ1) is 47.4. The van der Waals surface area contributed by atoms with Crippen LogP contribution in [0.25, 0.3) is 0 Å². The monoisotopic (exact) mass is 726 g/mol. The third-order valence-electron chi connectivity index (χ3n) is 6.13. The average Bonchev–Trinajstić information content (AvgIpc) is 3.05. The zero-order valence-electron chi connectivity index (χ0n) is 27.6. The first-order valence-electron chi connectivity index (χ1n) is 14.8. The molecule has 2 rings (SSSR count). The van der Waals surface area contributed by atoms with E-state index in [0.29, 0.717) is 6.42 Å². The van der Waals surface area contributed by atoms with Crippen LogP contribution in [0.2, 0.25) is 0 Å². The van der Waals surface area contributed by atoms with E-state index in [1.165, 1.54) is 19.1 Å². The summed E-state index contributed by atoms with van der Waals surface area (Å²) in [5.41, 5.74) is 32.7. The predicted molar refractivity (Wildman–Crippen MR) is 179 cm³/mol. The summed E-state index contributed by atoms with van der Waals surface area (Å²) < 4.78 is 4.94. The van der Waals surface area contributed by atoms with Crippen LogP contribution in [0.3, 0.4) is 0 Å². The van der Waals surface area contributed by atoms with Crippen molar-refractivity contribution < 1.29 is 68.9 Å². The minimum Gasteiger partial charge on any atom is -0.508 e. The van der Waals surface area contributed by atoms with Crippen molar-refractivity contribution in [3.8, 4) is 5.75 Å². The lowest BCUT2D eigenvalue weighted by Gasteiger charge is -2.19. The van der Waals surface area contributed by atoms with Gasteiger partial charge in [0.25, 0.3) is 0 Å². The topological polar surface area (TPSA) is 406 Å². The third-order valence-corrected chi connectivity index (χ3v) is 6.13. The van der Waals surface area contributed by atoms with E-state index in [-0.39, 0.29) is 25.0 Å². The summed E-state index contributed by atoms with van der Waals surface area (Å²) in [7, 11) is 0. The zero-order chi connectivity index (χ0) is 39.8. The number of phenolic OH excluding ortho intramolecular Hbond substituents is 1. The number of hydrogen-bond acceptors (Lipinski definition) is 14. The molecule has 0 fully saturated rings. The third kappa shape index (κ3) is 24.2. The van der Waals surface area contributed by atoms with Gasteiger partial charge in [0.2, 0.25) is 5.91 Å². The van der Waals surface area contributed by atoms with Crippen LogP contribution in [0.1, 0.15) is 37.3 Å². The van der Waals surface area contributed by atoms with Crippen LogP contribution >= 0.6 is 0 Å². The van der Waals surface area contributed by atoms with Gasteiger partial charge >= 0.3 is 35.8 Å². The maximum Gasteiger partial charge on any atom is 0.324 e. The van der Waals surface area contributed by atoms with Crippen molar-refractivity contribution in [1.82, 2.24) is 0 Å². The van der Waals surface area contributed by atoms with Gasteiger partial charge in [-0.15, -0.1) is 0 Å². The minimum atomic E-state index is -1.29. The Morgan fingerprint density at radius 3 is 1.47 bits per heavy atom. The Hall–Kier alpha value is -5.67. The van der Waals surface area contributed by atoms with Gasteiger partial charge in [-0.25, -0.2) is 0 Å². The number of carboxylic acids is 5. The highest BCUT2D eigenvalue weighted by molar-refractivity contribution is 5.80. The van der Waals surface area contributed by atoms with E-state index in [4.69, 9.17) is 69.8 Å². The molecule has 0 spiro atoms. The van der Waals surface area contributed by atoms with Crippen molar-refractivity contribution >= 4 is 41.7 Å². The van der Waals surface area contributed by atoms with Crippen molar-refractivity contribution in [2.75, 3.05) is 0 Å². The van der Waals surface area contributed by atoms with Gasteiger partial charge < -0.3 is 69.8 Å². The molecule has 0 aliphatic heterocycles. The Labute approximate surface area is 291 Å². The Bertz CT molecular complexity index is 1410. The highest BCUT2D eigenvalue weighted by Crippen LogP contribution is 2.11. The number of aromatic hydroxyl groups is 1. The van der Waals surface area contributed by atoms with Crippen molar-refractivity contribution in [2.24, 2.45) is 34.4 Å². The molecular weight excluding hydrogens is 680 g/mol. The molecule has 0 aliphatic carbocycles. The predicted octanol–water partition coefficient (Wildman–Crippen LogP) is -2.22. The van der Waals surface area contributed by atoms with E-state index >= 15 is 0 Å². The van der Waals surface area contributed by atoms with Crippen molar-refractivity contribution in [3.05, 3.63) is 65.7 Å².